The topological polar surface area (TPSA) is 63.3 Å². The Morgan fingerprint density at radius 2 is 2.25 bits per heavy atom. The molecule has 0 radical (unpaired) electrons. The summed E-state index contributed by atoms with van der Waals surface area (Å²) in [5.74, 6) is -1.38. The van der Waals surface area contributed by atoms with Gasteiger partial charge >= 0.3 is 5.97 Å². The lowest BCUT2D eigenvalue weighted by Crippen LogP contribution is -2.36. The summed E-state index contributed by atoms with van der Waals surface area (Å²) in [5.41, 5.74) is 2.92. The maximum Gasteiger partial charge on any atom is 0.324 e. The molecule has 0 saturated heterocycles. The second-order valence-electron chi connectivity index (χ2n) is 1.24. The van der Waals surface area contributed by atoms with E-state index < -0.39 is 17.5 Å². The molecule has 0 fully saturated rings. The Labute approximate surface area is 51.1 Å². The van der Waals surface area contributed by atoms with Gasteiger partial charge in [0.2, 0.25) is 0 Å². The van der Waals surface area contributed by atoms with E-state index in [4.69, 9.17) is 10.8 Å². The predicted molar refractivity (Wildman–Crippen MR) is 29.5 cm³/mol. The summed E-state index contributed by atoms with van der Waals surface area (Å²) in [5, 5.41) is 7.94. The minimum atomic E-state index is -1.78. The molecule has 0 aromatic heterocycles. The van der Waals surface area contributed by atoms with Crippen molar-refractivity contribution in [1.29, 1.82) is 0 Å². The summed E-state index contributed by atoms with van der Waals surface area (Å²) in [6.45, 7) is 0. The molecule has 0 aliphatic heterocycles. The van der Waals surface area contributed by atoms with E-state index in [9.17, 15) is 9.18 Å². The van der Waals surface area contributed by atoms with Crippen LogP contribution in [-0.4, -0.2) is 22.6 Å². The summed E-state index contributed by atoms with van der Waals surface area (Å²) in [6.07, 6.45) is 0. The van der Waals surface area contributed by atoms with Crippen LogP contribution in [0.4, 0.5) is 4.39 Å². The summed E-state index contributed by atoms with van der Waals surface area (Å²) in [7, 11) is 0. The van der Waals surface area contributed by atoms with Crippen LogP contribution in [0.2, 0.25) is 0 Å². The van der Waals surface area contributed by atoms with Gasteiger partial charge in [0.1, 0.15) is 6.04 Å². The number of hydrogen-bond acceptors (Lipinski definition) is 3. The van der Waals surface area contributed by atoms with Gasteiger partial charge in [0.15, 0.2) is 5.50 Å². The largest absolute Gasteiger partial charge is 0.480 e. The van der Waals surface area contributed by atoms with Gasteiger partial charge in [0.05, 0.1) is 0 Å². The van der Waals surface area contributed by atoms with Crippen molar-refractivity contribution in [3.8, 4) is 0 Å². The lowest BCUT2D eigenvalue weighted by atomic mass is 10.4. The number of hydrogen-bond donors (Lipinski definition) is 3. The number of nitrogens with two attached hydrogens (primary N) is 1. The SMILES string of the molecule is N[C@H](C(=O)O)C(F)S. The van der Waals surface area contributed by atoms with Crippen molar-refractivity contribution in [1.82, 2.24) is 0 Å². The van der Waals surface area contributed by atoms with E-state index in [1.54, 1.807) is 0 Å². The molecule has 2 atom stereocenters. The molecule has 3 N–H and O–H groups in total. The molecule has 48 valence electrons. The highest BCUT2D eigenvalue weighted by Gasteiger charge is 2.19. The normalized spacial score (nSPS) is 17.4. The van der Waals surface area contributed by atoms with Crippen molar-refractivity contribution in [2.75, 3.05) is 0 Å². The van der Waals surface area contributed by atoms with Crippen LogP contribution >= 0.6 is 12.6 Å². The Kier molecular flexibility index (Phi) is 2.78. The number of carbonyl (C=O) groups is 1. The highest BCUT2D eigenvalue weighted by atomic mass is 32.1. The van der Waals surface area contributed by atoms with Crippen LogP contribution in [0.5, 0.6) is 0 Å². The zero-order chi connectivity index (χ0) is 6.73. The third-order valence-corrected chi connectivity index (χ3v) is 0.903. The van der Waals surface area contributed by atoms with Crippen LogP contribution in [0.3, 0.4) is 0 Å². The lowest BCUT2D eigenvalue weighted by molar-refractivity contribution is -0.139. The Morgan fingerprint density at radius 3 is 2.25 bits per heavy atom. The van der Waals surface area contributed by atoms with E-state index in [0.717, 1.165) is 0 Å². The molecule has 0 rings (SSSR count). The molecule has 0 aliphatic rings. The molecule has 8 heavy (non-hydrogen) atoms. The highest BCUT2D eigenvalue weighted by Crippen LogP contribution is 1.99. The molecule has 0 heterocycles. The number of carboxylic acids is 1. The highest BCUT2D eigenvalue weighted by molar-refractivity contribution is 7.80. The molecule has 0 saturated carbocycles. The van der Waals surface area contributed by atoms with E-state index in [1.807, 2.05) is 0 Å². The van der Waals surface area contributed by atoms with Crippen LogP contribution in [0.1, 0.15) is 0 Å². The van der Waals surface area contributed by atoms with Crippen LogP contribution in [-0.2, 0) is 4.79 Å². The molecular formula is C3H6FNO2S. The average molecular weight is 139 g/mol. The van der Waals surface area contributed by atoms with Crippen molar-refractivity contribution in [2.24, 2.45) is 5.73 Å². The van der Waals surface area contributed by atoms with Gasteiger partial charge in [0.25, 0.3) is 0 Å². The smallest absolute Gasteiger partial charge is 0.324 e. The Morgan fingerprint density at radius 1 is 1.88 bits per heavy atom. The van der Waals surface area contributed by atoms with Crippen molar-refractivity contribution in [3.05, 3.63) is 0 Å². The molecule has 0 aromatic rings. The lowest BCUT2D eigenvalue weighted by Gasteiger charge is -2.03. The van der Waals surface area contributed by atoms with Crippen LogP contribution < -0.4 is 5.73 Å². The number of halogens is 1. The predicted octanol–water partition coefficient (Wildman–Crippen LogP) is -0.376. The Hall–Kier alpha value is -0.290. The van der Waals surface area contributed by atoms with Crippen LogP contribution in [0, 0.1) is 0 Å². The Balaban J connectivity index is 3.64. The number of carboxylic acid groups (broad SMARTS) is 1. The molecule has 1 unspecified atom stereocenters. The molecule has 0 amide bonds. The molecular weight excluding hydrogens is 133 g/mol. The summed E-state index contributed by atoms with van der Waals surface area (Å²) in [6, 6.07) is -1.52. The van der Waals surface area contributed by atoms with Crippen LogP contribution in [0.15, 0.2) is 0 Å². The summed E-state index contributed by atoms with van der Waals surface area (Å²) < 4.78 is 11.7. The van der Waals surface area contributed by atoms with E-state index >= 15 is 0 Å². The molecule has 0 aromatic carbocycles. The number of alkyl halides is 1. The molecule has 0 bridgehead atoms. The quantitative estimate of drug-likeness (QED) is 0.457. The van der Waals surface area contributed by atoms with Crippen molar-refractivity contribution in [3.63, 3.8) is 0 Å². The molecule has 5 heteroatoms. The first-order chi connectivity index (χ1) is 3.55. The fourth-order valence-electron chi connectivity index (χ4n) is 0.118. The zero-order valence-electron chi connectivity index (χ0n) is 3.91. The molecule has 3 nitrogen and oxygen atoms in total. The molecule has 0 spiro atoms. The van der Waals surface area contributed by atoms with E-state index in [2.05, 4.69) is 12.6 Å². The minimum absolute atomic E-state index is 1.38. The average Bonchev–Trinajstić information content (AvgIpc) is 1.64. The van der Waals surface area contributed by atoms with Crippen molar-refractivity contribution < 1.29 is 14.3 Å². The number of aliphatic carboxylic acids is 1. The standard InChI is InChI=1S/C3H6FNO2S/c4-2(8)1(5)3(6)7/h1-2,8H,5H2,(H,6,7)/t1-,2?/m0/s1. The van der Waals surface area contributed by atoms with Gasteiger partial charge in [-0.1, -0.05) is 0 Å². The minimum Gasteiger partial charge on any atom is -0.480 e. The second kappa shape index (κ2) is 2.88. The van der Waals surface area contributed by atoms with Gasteiger partial charge in [0, 0.05) is 0 Å². The third-order valence-electron chi connectivity index (χ3n) is 0.581. The van der Waals surface area contributed by atoms with Gasteiger partial charge in [-0.15, -0.1) is 12.6 Å². The van der Waals surface area contributed by atoms with E-state index in [1.165, 1.54) is 0 Å². The molecule has 0 aliphatic carbocycles. The first-order valence-electron chi connectivity index (χ1n) is 1.86. The third kappa shape index (κ3) is 2.13. The Bertz CT molecular complexity index is 97.3. The second-order valence-corrected chi connectivity index (χ2v) is 1.73. The summed E-state index contributed by atoms with van der Waals surface area (Å²) in [4.78, 5) is 9.73. The van der Waals surface area contributed by atoms with Crippen molar-refractivity contribution >= 4 is 18.6 Å². The van der Waals surface area contributed by atoms with Gasteiger partial charge in [-0.25, -0.2) is 4.39 Å². The van der Waals surface area contributed by atoms with Gasteiger partial charge in [-0.2, -0.15) is 0 Å². The fourth-order valence-corrected chi connectivity index (χ4v) is 0.245. The van der Waals surface area contributed by atoms with Gasteiger partial charge in [-0.3, -0.25) is 4.79 Å². The van der Waals surface area contributed by atoms with Crippen molar-refractivity contribution in [2.45, 2.75) is 11.5 Å². The summed E-state index contributed by atoms with van der Waals surface area (Å²) >= 11 is 3.16. The van der Waals surface area contributed by atoms with Gasteiger partial charge < -0.3 is 10.8 Å². The van der Waals surface area contributed by atoms with E-state index in [-0.39, 0.29) is 0 Å². The maximum atomic E-state index is 11.7. The van der Waals surface area contributed by atoms with Gasteiger partial charge in [-0.05, 0) is 0 Å². The number of rotatable bonds is 2. The van der Waals surface area contributed by atoms with Crippen LogP contribution in [0.25, 0.3) is 0 Å². The first kappa shape index (κ1) is 7.71. The van der Waals surface area contributed by atoms with E-state index in [0.29, 0.717) is 0 Å². The zero-order valence-corrected chi connectivity index (χ0v) is 4.81. The fraction of sp³-hybridized carbons (Fsp3) is 0.667. The monoisotopic (exact) mass is 139 g/mol. The maximum absolute atomic E-state index is 11.7. The number of thiol groups is 1. The first-order valence-corrected chi connectivity index (χ1v) is 2.38.